The SMILES string of the molecule is CC(C)(CC(=O)O)CC(=O)Nc1cc(Cl)cc(Cl)c1. The lowest BCUT2D eigenvalue weighted by Crippen LogP contribution is -2.24. The van der Waals surface area contributed by atoms with Crippen LogP contribution in [-0.4, -0.2) is 17.0 Å². The van der Waals surface area contributed by atoms with Gasteiger partial charge in [0.25, 0.3) is 0 Å². The standard InChI is InChI=1S/C13H15Cl2NO3/c1-13(2,7-12(18)19)6-11(17)16-10-4-8(14)3-9(15)5-10/h3-5H,6-7H2,1-2H3,(H,16,17)(H,18,19). The second-order valence-corrected chi connectivity index (χ2v) is 5.99. The molecule has 19 heavy (non-hydrogen) atoms. The maximum absolute atomic E-state index is 11.8. The van der Waals surface area contributed by atoms with E-state index in [0.717, 1.165) is 0 Å². The predicted octanol–water partition coefficient (Wildman–Crippen LogP) is 3.82. The minimum absolute atomic E-state index is 0.0727. The number of nitrogens with one attached hydrogen (secondary N) is 1. The summed E-state index contributed by atoms with van der Waals surface area (Å²) in [5.74, 6) is -1.20. The van der Waals surface area contributed by atoms with E-state index in [1.165, 1.54) is 0 Å². The molecule has 0 saturated carbocycles. The fourth-order valence-electron chi connectivity index (χ4n) is 1.74. The number of amides is 1. The third-order valence-corrected chi connectivity index (χ3v) is 2.85. The number of anilines is 1. The second kappa shape index (κ2) is 6.26. The first-order valence-electron chi connectivity index (χ1n) is 5.66. The fourth-order valence-corrected chi connectivity index (χ4v) is 2.26. The van der Waals surface area contributed by atoms with Crippen molar-refractivity contribution in [3.63, 3.8) is 0 Å². The van der Waals surface area contributed by atoms with E-state index >= 15 is 0 Å². The van der Waals surface area contributed by atoms with Gasteiger partial charge in [0, 0.05) is 22.2 Å². The van der Waals surface area contributed by atoms with E-state index in [0.29, 0.717) is 15.7 Å². The van der Waals surface area contributed by atoms with Gasteiger partial charge in [0.2, 0.25) is 5.91 Å². The van der Waals surface area contributed by atoms with Crippen molar-refractivity contribution in [2.75, 3.05) is 5.32 Å². The van der Waals surface area contributed by atoms with Crippen LogP contribution in [0.15, 0.2) is 18.2 Å². The molecule has 0 aromatic heterocycles. The Balaban J connectivity index is 2.67. The quantitative estimate of drug-likeness (QED) is 0.869. The number of hydrogen-bond donors (Lipinski definition) is 2. The first-order chi connectivity index (χ1) is 8.68. The lowest BCUT2D eigenvalue weighted by Gasteiger charge is -2.21. The van der Waals surface area contributed by atoms with E-state index in [1.807, 2.05) is 0 Å². The number of benzene rings is 1. The van der Waals surface area contributed by atoms with Crippen LogP contribution in [0.1, 0.15) is 26.7 Å². The number of carboxylic acids is 1. The van der Waals surface area contributed by atoms with E-state index in [1.54, 1.807) is 32.0 Å². The summed E-state index contributed by atoms with van der Waals surface area (Å²) >= 11 is 11.6. The number of carbonyl (C=O) groups is 2. The minimum atomic E-state index is -0.927. The molecule has 0 saturated heterocycles. The molecule has 0 atom stereocenters. The maximum Gasteiger partial charge on any atom is 0.303 e. The van der Waals surface area contributed by atoms with Crippen LogP contribution in [0.25, 0.3) is 0 Å². The molecule has 0 radical (unpaired) electrons. The molecule has 1 aromatic rings. The summed E-state index contributed by atoms with van der Waals surface area (Å²) in [5, 5.41) is 12.3. The summed E-state index contributed by atoms with van der Waals surface area (Å²) < 4.78 is 0. The highest BCUT2D eigenvalue weighted by atomic mass is 35.5. The predicted molar refractivity (Wildman–Crippen MR) is 75.7 cm³/mol. The van der Waals surface area contributed by atoms with Crippen LogP contribution >= 0.6 is 23.2 Å². The smallest absolute Gasteiger partial charge is 0.303 e. The van der Waals surface area contributed by atoms with Crippen molar-refractivity contribution in [3.05, 3.63) is 28.2 Å². The van der Waals surface area contributed by atoms with E-state index in [-0.39, 0.29) is 18.7 Å². The van der Waals surface area contributed by atoms with Gasteiger partial charge in [0.15, 0.2) is 0 Å². The van der Waals surface area contributed by atoms with E-state index in [9.17, 15) is 9.59 Å². The Morgan fingerprint density at radius 3 is 2.16 bits per heavy atom. The summed E-state index contributed by atoms with van der Waals surface area (Å²) in [5.41, 5.74) is -0.119. The van der Waals surface area contributed by atoms with Crippen LogP contribution in [0.3, 0.4) is 0 Å². The highest BCUT2D eigenvalue weighted by Gasteiger charge is 2.25. The van der Waals surface area contributed by atoms with Crippen LogP contribution in [-0.2, 0) is 9.59 Å². The van der Waals surface area contributed by atoms with Gasteiger partial charge in [0.1, 0.15) is 0 Å². The Morgan fingerprint density at radius 1 is 1.16 bits per heavy atom. The van der Waals surface area contributed by atoms with Crippen LogP contribution in [0.2, 0.25) is 10.0 Å². The Kier molecular flexibility index (Phi) is 5.20. The average Bonchev–Trinajstić information content (AvgIpc) is 2.10. The lowest BCUT2D eigenvalue weighted by molar-refractivity contribution is -0.139. The topological polar surface area (TPSA) is 66.4 Å². The first-order valence-corrected chi connectivity index (χ1v) is 6.41. The molecule has 2 N–H and O–H groups in total. The molecule has 104 valence electrons. The Hall–Kier alpha value is -1.26. The van der Waals surface area contributed by atoms with Gasteiger partial charge in [-0.15, -0.1) is 0 Å². The van der Waals surface area contributed by atoms with Gasteiger partial charge in [-0.3, -0.25) is 9.59 Å². The molecule has 6 heteroatoms. The molecule has 0 aliphatic carbocycles. The number of carboxylic acid groups (broad SMARTS) is 1. The molecular weight excluding hydrogens is 289 g/mol. The van der Waals surface area contributed by atoms with Gasteiger partial charge in [0.05, 0.1) is 6.42 Å². The monoisotopic (exact) mass is 303 g/mol. The molecule has 0 fully saturated rings. The molecule has 0 aliphatic rings. The van der Waals surface area contributed by atoms with Crippen molar-refractivity contribution in [2.24, 2.45) is 5.41 Å². The molecule has 0 spiro atoms. The van der Waals surface area contributed by atoms with Gasteiger partial charge in [-0.2, -0.15) is 0 Å². The van der Waals surface area contributed by atoms with Crippen molar-refractivity contribution in [2.45, 2.75) is 26.7 Å². The number of carbonyl (C=O) groups excluding carboxylic acids is 1. The zero-order chi connectivity index (χ0) is 14.6. The second-order valence-electron chi connectivity index (χ2n) is 5.12. The van der Waals surface area contributed by atoms with Gasteiger partial charge in [-0.25, -0.2) is 0 Å². The number of halogens is 2. The molecule has 0 heterocycles. The molecule has 1 aromatic carbocycles. The number of aliphatic carboxylic acids is 1. The summed E-state index contributed by atoms with van der Waals surface area (Å²) in [6, 6.07) is 4.72. The van der Waals surface area contributed by atoms with E-state index in [2.05, 4.69) is 5.32 Å². The van der Waals surface area contributed by atoms with Gasteiger partial charge in [-0.05, 0) is 23.6 Å². The Morgan fingerprint density at radius 2 is 1.68 bits per heavy atom. The zero-order valence-corrected chi connectivity index (χ0v) is 12.2. The van der Waals surface area contributed by atoms with Gasteiger partial charge in [-0.1, -0.05) is 37.0 Å². The van der Waals surface area contributed by atoms with E-state index < -0.39 is 11.4 Å². The van der Waals surface area contributed by atoms with Crippen molar-refractivity contribution in [3.8, 4) is 0 Å². The third kappa shape index (κ3) is 5.94. The normalized spacial score (nSPS) is 11.2. The Labute approximate surface area is 121 Å². The summed E-state index contributed by atoms with van der Waals surface area (Å²) in [7, 11) is 0. The molecule has 0 unspecified atom stereocenters. The molecule has 0 bridgehead atoms. The summed E-state index contributed by atoms with van der Waals surface area (Å²) in [4.78, 5) is 22.5. The number of hydrogen-bond acceptors (Lipinski definition) is 2. The van der Waals surface area contributed by atoms with E-state index in [4.69, 9.17) is 28.3 Å². The van der Waals surface area contributed by atoms with Crippen molar-refractivity contribution < 1.29 is 14.7 Å². The maximum atomic E-state index is 11.8. The first kappa shape index (κ1) is 15.8. The van der Waals surface area contributed by atoms with Crippen molar-refractivity contribution in [1.82, 2.24) is 0 Å². The van der Waals surface area contributed by atoms with Crippen LogP contribution in [0, 0.1) is 5.41 Å². The summed E-state index contributed by atoms with van der Waals surface area (Å²) in [6.07, 6.45) is 0.0279. The fraction of sp³-hybridized carbons (Fsp3) is 0.385. The summed E-state index contributed by atoms with van der Waals surface area (Å²) in [6.45, 7) is 3.46. The number of rotatable bonds is 5. The largest absolute Gasteiger partial charge is 0.481 e. The highest BCUT2D eigenvalue weighted by Crippen LogP contribution is 2.27. The van der Waals surface area contributed by atoms with Crippen LogP contribution in [0.5, 0.6) is 0 Å². The minimum Gasteiger partial charge on any atom is -0.481 e. The molecular formula is C13H15Cl2NO3. The molecule has 4 nitrogen and oxygen atoms in total. The zero-order valence-electron chi connectivity index (χ0n) is 10.7. The molecule has 1 rings (SSSR count). The Bertz CT molecular complexity index is 480. The van der Waals surface area contributed by atoms with Crippen molar-refractivity contribution in [1.29, 1.82) is 0 Å². The third-order valence-electron chi connectivity index (χ3n) is 2.42. The molecule has 0 aliphatic heterocycles. The molecule has 1 amide bonds. The van der Waals surface area contributed by atoms with Crippen LogP contribution < -0.4 is 5.32 Å². The lowest BCUT2D eigenvalue weighted by atomic mass is 9.85. The van der Waals surface area contributed by atoms with Gasteiger partial charge >= 0.3 is 5.97 Å². The average molecular weight is 304 g/mol. The van der Waals surface area contributed by atoms with Gasteiger partial charge < -0.3 is 10.4 Å². The highest BCUT2D eigenvalue weighted by molar-refractivity contribution is 6.35. The van der Waals surface area contributed by atoms with Crippen LogP contribution in [0.4, 0.5) is 5.69 Å². The van der Waals surface area contributed by atoms with Crippen molar-refractivity contribution >= 4 is 40.8 Å².